The molecular formula is C16H22FN3S. The number of rotatable bonds is 7. The van der Waals surface area contributed by atoms with Gasteiger partial charge in [0.1, 0.15) is 5.82 Å². The molecule has 5 heteroatoms. The van der Waals surface area contributed by atoms with Gasteiger partial charge in [-0.25, -0.2) is 9.37 Å². The molecule has 1 aromatic heterocycles. The predicted octanol–water partition coefficient (Wildman–Crippen LogP) is 3.66. The molecule has 114 valence electrons. The molecule has 0 radical (unpaired) electrons. The molecule has 0 atom stereocenters. The van der Waals surface area contributed by atoms with E-state index in [1.54, 1.807) is 23.5 Å². The Labute approximate surface area is 129 Å². The summed E-state index contributed by atoms with van der Waals surface area (Å²) in [6.45, 7) is 6.82. The van der Waals surface area contributed by atoms with Crippen molar-refractivity contribution in [1.29, 1.82) is 0 Å². The summed E-state index contributed by atoms with van der Waals surface area (Å²) in [5.74, 6) is 0.442. The van der Waals surface area contributed by atoms with Gasteiger partial charge in [0.15, 0.2) is 5.13 Å². The number of thiazole rings is 1. The molecule has 0 aliphatic carbocycles. The van der Waals surface area contributed by atoms with E-state index in [4.69, 9.17) is 0 Å². The van der Waals surface area contributed by atoms with Crippen LogP contribution in [0.3, 0.4) is 0 Å². The first-order valence-electron chi connectivity index (χ1n) is 7.15. The molecule has 0 spiro atoms. The van der Waals surface area contributed by atoms with Crippen molar-refractivity contribution >= 4 is 16.5 Å². The first-order valence-corrected chi connectivity index (χ1v) is 8.03. The summed E-state index contributed by atoms with van der Waals surface area (Å²) in [6.07, 6.45) is 0. The Kier molecular flexibility index (Phi) is 5.70. The highest BCUT2D eigenvalue weighted by atomic mass is 32.1. The Morgan fingerprint density at radius 1 is 1.38 bits per heavy atom. The van der Waals surface area contributed by atoms with Crippen molar-refractivity contribution in [2.45, 2.75) is 26.9 Å². The average molecular weight is 307 g/mol. The van der Waals surface area contributed by atoms with Crippen LogP contribution in [0.25, 0.3) is 0 Å². The van der Waals surface area contributed by atoms with Crippen LogP contribution in [0.15, 0.2) is 29.6 Å². The monoisotopic (exact) mass is 307 g/mol. The summed E-state index contributed by atoms with van der Waals surface area (Å²) in [6, 6.07) is 6.69. The zero-order valence-electron chi connectivity index (χ0n) is 12.8. The molecule has 0 saturated carbocycles. The van der Waals surface area contributed by atoms with Crippen molar-refractivity contribution in [2.75, 3.05) is 18.5 Å². The maximum absolute atomic E-state index is 13.2. The van der Waals surface area contributed by atoms with Crippen LogP contribution >= 0.6 is 11.3 Å². The number of hydrogen-bond donors (Lipinski definition) is 1. The zero-order chi connectivity index (χ0) is 15.2. The molecule has 1 N–H and O–H groups in total. The van der Waals surface area contributed by atoms with Crippen LogP contribution in [0, 0.1) is 11.7 Å². The quantitative estimate of drug-likeness (QED) is 0.846. The second-order valence-electron chi connectivity index (χ2n) is 5.63. The Morgan fingerprint density at radius 3 is 2.90 bits per heavy atom. The summed E-state index contributed by atoms with van der Waals surface area (Å²) < 4.78 is 13.2. The SMILES string of the molecule is CC(C)CNCc1csc(N(C)Cc2cccc(F)c2)n1. The van der Waals surface area contributed by atoms with E-state index in [9.17, 15) is 4.39 Å². The number of hydrogen-bond acceptors (Lipinski definition) is 4. The molecule has 0 saturated heterocycles. The van der Waals surface area contributed by atoms with Gasteiger partial charge >= 0.3 is 0 Å². The van der Waals surface area contributed by atoms with Gasteiger partial charge in [0.25, 0.3) is 0 Å². The summed E-state index contributed by atoms with van der Waals surface area (Å²) in [4.78, 5) is 6.66. The van der Waals surface area contributed by atoms with E-state index in [1.165, 1.54) is 6.07 Å². The third-order valence-corrected chi connectivity index (χ3v) is 4.04. The second kappa shape index (κ2) is 7.52. The van der Waals surface area contributed by atoms with Gasteiger partial charge in [-0.2, -0.15) is 0 Å². The van der Waals surface area contributed by atoms with Crippen LogP contribution in [0.4, 0.5) is 9.52 Å². The summed E-state index contributed by atoms with van der Waals surface area (Å²) >= 11 is 1.62. The second-order valence-corrected chi connectivity index (χ2v) is 6.47. The molecule has 0 aliphatic rings. The lowest BCUT2D eigenvalue weighted by molar-refractivity contribution is 0.549. The number of anilines is 1. The molecular weight excluding hydrogens is 285 g/mol. The van der Waals surface area contributed by atoms with Gasteiger partial charge in [-0.1, -0.05) is 26.0 Å². The Morgan fingerprint density at radius 2 is 2.19 bits per heavy atom. The minimum Gasteiger partial charge on any atom is -0.347 e. The largest absolute Gasteiger partial charge is 0.347 e. The topological polar surface area (TPSA) is 28.2 Å². The Balaban J connectivity index is 1.91. The molecule has 1 aromatic carbocycles. The van der Waals surface area contributed by atoms with Crippen LogP contribution in [0.2, 0.25) is 0 Å². The Bertz CT molecular complexity index is 568. The molecule has 0 aliphatic heterocycles. The van der Waals surface area contributed by atoms with Crippen LogP contribution in [-0.2, 0) is 13.1 Å². The fourth-order valence-corrected chi connectivity index (χ4v) is 2.81. The van der Waals surface area contributed by atoms with Crippen molar-refractivity contribution in [2.24, 2.45) is 5.92 Å². The van der Waals surface area contributed by atoms with Gasteiger partial charge in [-0.05, 0) is 30.2 Å². The van der Waals surface area contributed by atoms with Crippen molar-refractivity contribution in [3.8, 4) is 0 Å². The maximum atomic E-state index is 13.2. The van der Waals surface area contributed by atoms with Crippen molar-refractivity contribution < 1.29 is 4.39 Å². The summed E-state index contributed by atoms with van der Waals surface area (Å²) in [5, 5.41) is 6.42. The minimum atomic E-state index is -0.196. The Hall–Kier alpha value is -1.46. The molecule has 2 rings (SSSR count). The van der Waals surface area contributed by atoms with Gasteiger partial charge in [0.2, 0.25) is 0 Å². The van der Waals surface area contributed by atoms with Gasteiger partial charge in [-0.3, -0.25) is 0 Å². The number of nitrogens with zero attached hydrogens (tertiary/aromatic N) is 2. The first-order chi connectivity index (χ1) is 10.0. The molecule has 0 fully saturated rings. The van der Waals surface area contributed by atoms with Crippen LogP contribution in [-0.4, -0.2) is 18.6 Å². The van der Waals surface area contributed by atoms with Crippen molar-refractivity contribution in [3.63, 3.8) is 0 Å². The number of benzene rings is 1. The molecule has 2 aromatic rings. The number of aromatic nitrogens is 1. The standard InChI is InChI=1S/C16H22FN3S/c1-12(2)8-18-9-15-11-21-16(19-15)20(3)10-13-5-4-6-14(17)7-13/h4-7,11-12,18H,8-10H2,1-3H3. The van der Waals surface area contributed by atoms with Crippen molar-refractivity contribution in [1.82, 2.24) is 10.3 Å². The van der Waals surface area contributed by atoms with E-state index < -0.39 is 0 Å². The predicted molar refractivity (Wildman–Crippen MR) is 87.2 cm³/mol. The third-order valence-electron chi connectivity index (χ3n) is 3.03. The zero-order valence-corrected chi connectivity index (χ0v) is 13.6. The molecule has 0 unspecified atom stereocenters. The highest BCUT2D eigenvalue weighted by Gasteiger charge is 2.08. The highest BCUT2D eigenvalue weighted by molar-refractivity contribution is 7.13. The summed E-state index contributed by atoms with van der Waals surface area (Å²) in [5.41, 5.74) is 2.01. The fraction of sp³-hybridized carbons (Fsp3) is 0.438. The van der Waals surface area contributed by atoms with E-state index in [1.807, 2.05) is 18.0 Å². The molecule has 3 nitrogen and oxygen atoms in total. The van der Waals surface area contributed by atoms with Crippen LogP contribution in [0.5, 0.6) is 0 Å². The lowest BCUT2D eigenvalue weighted by atomic mass is 10.2. The van der Waals surface area contributed by atoms with Gasteiger partial charge in [-0.15, -0.1) is 11.3 Å². The van der Waals surface area contributed by atoms with E-state index in [-0.39, 0.29) is 5.82 Å². The van der Waals surface area contributed by atoms with E-state index >= 15 is 0 Å². The molecule has 0 amide bonds. The first kappa shape index (κ1) is 15.9. The van der Waals surface area contributed by atoms with Crippen molar-refractivity contribution in [3.05, 3.63) is 46.7 Å². The van der Waals surface area contributed by atoms with E-state index in [0.29, 0.717) is 12.5 Å². The van der Waals surface area contributed by atoms with Gasteiger partial charge in [0, 0.05) is 25.5 Å². The smallest absolute Gasteiger partial charge is 0.185 e. The third kappa shape index (κ3) is 5.10. The van der Waals surface area contributed by atoms with Gasteiger partial charge in [0.05, 0.1) is 5.69 Å². The minimum absolute atomic E-state index is 0.196. The van der Waals surface area contributed by atoms with E-state index in [0.717, 1.165) is 29.5 Å². The average Bonchev–Trinajstić information content (AvgIpc) is 2.87. The van der Waals surface area contributed by atoms with Gasteiger partial charge < -0.3 is 10.2 Å². The molecule has 21 heavy (non-hydrogen) atoms. The lowest BCUT2D eigenvalue weighted by Crippen LogP contribution is -2.19. The molecule has 0 bridgehead atoms. The lowest BCUT2D eigenvalue weighted by Gasteiger charge is -2.15. The van der Waals surface area contributed by atoms with Crippen LogP contribution < -0.4 is 10.2 Å². The number of halogens is 1. The van der Waals surface area contributed by atoms with E-state index in [2.05, 4.69) is 29.5 Å². The number of nitrogens with one attached hydrogen (secondary N) is 1. The highest BCUT2D eigenvalue weighted by Crippen LogP contribution is 2.21. The fourth-order valence-electron chi connectivity index (χ4n) is 2.02. The van der Waals surface area contributed by atoms with Crippen LogP contribution in [0.1, 0.15) is 25.1 Å². The normalized spacial score (nSPS) is 11.1. The summed E-state index contributed by atoms with van der Waals surface area (Å²) in [7, 11) is 1.98. The molecule has 1 heterocycles. The maximum Gasteiger partial charge on any atom is 0.185 e.